The van der Waals surface area contributed by atoms with Gasteiger partial charge < -0.3 is 9.47 Å². The molecule has 0 saturated carbocycles. The fourth-order valence-corrected chi connectivity index (χ4v) is 5.54. The SMILES string of the molecule is CCOC(=O)c1ccc(N=NN2CN(CN3CN(N=Nc4ccc(C(=O)OCC)cc4)CC(C)(C)C3)CC(C)(C)C2)cc1. The highest BCUT2D eigenvalue weighted by atomic mass is 16.5. The molecule has 0 atom stereocenters. The van der Waals surface area contributed by atoms with Gasteiger partial charge in [0.25, 0.3) is 0 Å². The maximum atomic E-state index is 11.9. The number of esters is 2. The van der Waals surface area contributed by atoms with E-state index in [0.717, 1.165) is 32.8 Å². The molecule has 2 heterocycles. The number of carbonyl (C=O) groups excluding carboxylic acids is 2. The van der Waals surface area contributed by atoms with Crippen molar-refractivity contribution in [2.45, 2.75) is 41.5 Å². The summed E-state index contributed by atoms with van der Waals surface area (Å²) < 4.78 is 10.1. The summed E-state index contributed by atoms with van der Waals surface area (Å²) in [6, 6.07) is 13.9. The summed E-state index contributed by atoms with van der Waals surface area (Å²) in [5.74, 6) is -0.685. The normalized spacial score (nSPS) is 19.2. The molecular formula is C31H44N8O4. The molecule has 2 saturated heterocycles. The number of rotatable bonds is 10. The molecule has 2 aliphatic heterocycles. The van der Waals surface area contributed by atoms with E-state index in [1.165, 1.54) is 0 Å². The molecule has 4 rings (SSSR count). The number of ether oxygens (including phenoxy) is 2. The molecule has 0 spiro atoms. The first-order valence-corrected chi connectivity index (χ1v) is 14.8. The molecule has 232 valence electrons. The highest BCUT2D eigenvalue weighted by Gasteiger charge is 2.35. The summed E-state index contributed by atoms with van der Waals surface area (Å²) in [5, 5.41) is 21.9. The van der Waals surface area contributed by atoms with Crippen molar-refractivity contribution in [3.05, 3.63) is 59.7 Å². The second-order valence-electron chi connectivity index (χ2n) is 12.7. The average Bonchev–Trinajstić information content (AvgIpc) is 2.94. The smallest absolute Gasteiger partial charge is 0.338 e. The van der Waals surface area contributed by atoms with Crippen LogP contribution in [-0.4, -0.2) is 91.2 Å². The van der Waals surface area contributed by atoms with Crippen molar-refractivity contribution in [2.24, 2.45) is 31.5 Å². The van der Waals surface area contributed by atoms with Crippen LogP contribution in [-0.2, 0) is 9.47 Å². The Labute approximate surface area is 254 Å². The van der Waals surface area contributed by atoms with Gasteiger partial charge in [0.05, 0.1) is 55.7 Å². The zero-order valence-corrected chi connectivity index (χ0v) is 26.2. The summed E-state index contributed by atoms with van der Waals surface area (Å²) in [7, 11) is 0. The van der Waals surface area contributed by atoms with Gasteiger partial charge in [0, 0.05) is 26.2 Å². The number of hydrogen-bond acceptors (Lipinski definition) is 10. The van der Waals surface area contributed by atoms with Crippen LogP contribution in [0.1, 0.15) is 62.3 Å². The lowest BCUT2D eigenvalue weighted by Crippen LogP contribution is -2.58. The van der Waals surface area contributed by atoms with Gasteiger partial charge >= 0.3 is 11.9 Å². The van der Waals surface area contributed by atoms with Crippen LogP contribution in [0.15, 0.2) is 69.2 Å². The van der Waals surface area contributed by atoms with Gasteiger partial charge in [-0.2, -0.15) is 0 Å². The molecule has 2 aromatic carbocycles. The first kappa shape index (κ1) is 32.0. The van der Waals surface area contributed by atoms with Gasteiger partial charge in [-0.3, -0.25) is 19.8 Å². The van der Waals surface area contributed by atoms with Crippen LogP contribution >= 0.6 is 0 Å². The minimum Gasteiger partial charge on any atom is -0.462 e. The Kier molecular flexibility index (Phi) is 10.5. The highest BCUT2D eigenvalue weighted by molar-refractivity contribution is 5.90. The monoisotopic (exact) mass is 592 g/mol. The van der Waals surface area contributed by atoms with Crippen LogP contribution in [0.2, 0.25) is 0 Å². The van der Waals surface area contributed by atoms with E-state index in [2.05, 4.69) is 58.2 Å². The number of carbonyl (C=O) groups is 2. The largest absolute Gasteiger partial charge is 0.462 e. The van der Waals surface area contributed by atoms with Gasteiger partial charge in [0.2, 0.25) is 0 Å². The topological polar surface area (TPSA) is 115 Å². The molecule has 0 aromatic heterocycles. The predicted molar refractivity (Wildman–Crippen MR) is 163 cm³/mol. The van der Waals surface area contributed by atoms with Crippen molar-refractivity contribution < 1.29 is 19.1 Å². The summed E-state index contributed by atoms with van der Waals surface area (Å²) in [4.78, 5) is 28.6. The minimum atomic E-state index is -0.343. The van der Waals surface area contributed by atoms with E-state index in [9.17, 15) is 9.59 Å². The van der Waals surface area contributed by atoms with Crippen molar-refractivity contribution in [3.8, 4) is 0 Å². The van der Waals surface area contributed by atoms with E-state index in [1.807, 2.05) is 10.0 Å². The second-order valence-corrected chi connectivity index (χ2v) is 12.7. The van der Waals surface area contributed by atoms with E-state index in [1.54, 1.807) is 62.4 Å². The average molecular weight is 593 g/mol. The van der Waals surface area contributed by atoms with Gasteiger partial charge in [-0.25, -0.2) is 9.59 Å². The molecular weight excluding hydrogens is 548 g/mol. The summed E-state index contributed by atoms with van der Waals surface area (Å²) in [6.07, 6.45) is 0. The predicted octanol–water partition coefficient (Wildman–Crippen LogP) is 5.90. The van der Waals surface area contributed by atoms with E-state index in [4.69, 9.17) is 9.47 Å². The fourth-order valence-electron chi connectivity index (χ4n) is 5.54. The van der Waals surface area contributed by atoms with E-state index >= 15 is 0 Å². The molecule has 43 heavy (non-hydrogen) atoms. The quantitative estimate of drug-likeness (QED) is 0.248. The van der Waals surface area contributed by atoms with Crippen LogP contribution in [0, 0.1) is 10.8 Å². The Morgan fingerprint density at radius 2 is 1.02 bits per heavy atom. The van der Waals surface area contributed by atoms with Gasteiger partial charge in [-0.1, -0.05) is 38.1 Å². The summed E-state index contributed by atoms with van der Waals surface area (Å²) in [6.45, 7) is 18.7. The Morgan fingerprint density at radius 3 is 1.37 bits per heavy atom. The molecule has 0 bridgehead atoms. The minimum absolute atomic E-state index is 0.0193. The standard InChI is InChI=1S/C31H44N8O4/c1-7-42-28(40)24-9-13-26(14-10-24)32-34-38-19-30(3,4)17-36(22-38)21-37-18-31(5,6)20-39(23-37)35-33-27-15-11-25(12-16-27)29(41)43-8-2/h9-16H,7-8,17-23H2,1-6H3. The van der Waals surface area contributed by atoms with Crippen molar-refractivity contribution >= 4 is 23.3 Å². The third-order valence-corrected chi connectivity index (χ3v) is 6.98. The Bertz CT molecular complexity index is 1190. The number of hydrogen-bond donors (Lipinski definition) is 0. The molecule has 0 radical (unpaired) electrons. The van der Waals surface area contributed by atoms with Gasteiger partial charge in [-0.05, 0) is 73.2 Å². The van der Waals surface area contributed by atoms with Crippen LogP contribution < -0.4 is 0 Å². The van der Waals surface area contributed by atoms with Crippen LogP contribution in [0.3, 0.4) is 0 Å². The van der Waals surface area contributed by atoms with Crippen LogP contribution in [0.4, 0.5) is 11.4 Å². The summed E-state index contributed by atoms with van der Waals surface area (Å²) >= 11 is 0. The highest BCUT2D eigenvalue weighted by Crippen LogP contribution is 2.29. The second kappa shape index (κ2) is 14.0. The number of nitrogens with zero attached hydrogens (tertiary/aromatic N) is 8. The van der Waals surface area contributed by atoms with Crippen LogP contribution in [0.5, 0.6) is 0 Å². The molecule has 2 fully saturated rings. The van der Waals surface area contributed by atoms with Gasteiger partial charge in [-0.15, -0.1) is 10.2 Å². The zero-order valence-electron chi connectivity index (χ0n) is 26.2. The first-order valence-electron chi connectivity index (χ1n) is 14.8. The molecule has 0 aliphatic carbocycles. The number of benzene rings is 2. The zero-order chi connectivity index (χ0) is 31.0. The molecule has 2 aromatic rings. The van der Waals surface area contributed by atoms with Crippen molar-refractivity contribution in [2.75, 3.05) is 59.4 Å². The molecule has 12 heteroatoms. The third-order valence-electron chi connectivity index (χ3n) is 6.98. The van der Waals surface area contributed by atoms with Gasteiger partial charge in [0.1, 0.15) is 0 Å². The molecule has 12 nitrogen and oxygen atoms in total. The Morgan fingerprint density at radius 1 is 0.651 bits per heavy atom. The van der Waals surface area contributed by atoms with Crippen LogP contribution in [0.25, 0.3) is 0 Å². The molecule has 2 aliphatic rings. The lowest BCUT2D eigenvalue weighted by Gasteiger charge is -2.47. The van der Waals surface area contributed by atoms with Crippen molar-refractivity contribution in [1.82, 2.24) is 19.8 Å². The third kappa shape index (κ3) is 9.55. The molecule has 0 amide bonds. The molecule has 0 unspecified atom stereocenters. The summed E-state index contributed by atoms with van der Waals surface area (Å²) in [5.41, 5.74) is 2.39. The molecule has 0 N–H and O–H groups in total. The maximum absolute atomic E-state index is 11.9. The lowest BCUT2D eigenvalue weighted by molar-refractivity contribution is -0.0654. The Balaban J connectivity index is 1.37. The van der Waals surface area contributed by atoms with Crippen molar-refractivity contribution in [3.63, 3.8) is 0 Å². The first-order chi connectivity index (χ1) is 20.4. The lowest BCUT2D eigenvalue weighted by atomic mass is 9.90. The van der Waals surface area contributed by atoms with E-state index < -0.39 is 0 Å². The van der Waals surface area contributed by atoms with Gasteiger partial charge in [0.15, 0.2) is 0 Å². The van der Waals surface area contributed by atoms with E-state index in [-0.39, 0.29) is 22.8 Å². The Hall–Kier alpha value is -3.90. The maximum Gasteiger partial charge on any atom is 0.338 e. The van der Waals surface area contributed by atoms with Crippen molar-refractivity contribution in [1.29, 1.82) is 0 Å². The fraction of sp³-hybridized carbons (Fsp3) is 0.548. The van der Waals surface area contributed by atoms with E-state index in [0.29, 0.717) is 49.1 Å².